The van der Waals surface area contributed by atoms with Crippen molar-refractivity contribution in [3.63, 3.8) is 0 Å². The molecule has 0 spiro atoms. The zero-order chi connectivity index (χ0) is 16.3. The van der Waals surface area contributed by atoms with Crippen molar-refractivity contribution in [3.05, 3.63) is 35.4 Å². The van der Waals surface area contributed by atoms with Crippen LogP contribution in [0.1, 0.15) is 33.6 Å². The number of methoxy groups -OCH3 is 1. The molecule has 0 saturated carbocycles. The lowest BCUT2D eigenvalue weighted by Crippen LogP contribution is -2.45. The SMILES string of the molecule is COC(=O)c1ccc(C(=O)N2CCCC2C(=O)N(C)C)cc1. The van der Waals surface area contributed by atoms with Gasteiger partial charge in [-0.15, -0.1) is 0 Å². The molecule has 1 aliphatic heterocycles. The van der Waals surface area contributed by atoms with Gasteiger partial charge in [-0.05, 0) is 37.1 Å². The third kappa shape index (κ3) is 3.10. The average molecular weight is 304 g/mol. The van der Waals surface area contributed by atoms with Crippen LogP contribution in [0.15, 0.2) is 24.3 Å². The van der Waals surface area contributed by atoms with Crippen LogP contribution in [0, 0.1) is 0 Å². The van der Waals surface area contributed by atoms with Crippen LogP contribution < -0.4 is 0 Å². The summed E-state index contributed by atoms with van der Waals surface area (Å²) in [4.78, 5) is 39.2. The Kier molecular flexibility index (Phi) is 4.80. The third-order valence-corrected chi connectivity index (χ3v) is 3.79. The van der Waals surface area contributed by atoms with Crippen LogP contribution in [-0.4, -0.2) is 61.4 Å². The Hall–Kier alpha value is -2.37. The molecule has 1 unspecified atom stereocenters. The summed E-state index contributed by atoms with van der Waals surface area (Å²) < 4.78 is 4.63. The first-order chi connectivity index (χ1) is 10.5. The van der Waals surface area contributed by atoms with Crippen molar-refractivity contribution >= 4 is 17.8 Å². The number of nitrogens with zero attached hydrogens (tertiary/aromatic N) is 2. The molecule has 1 aliphatic rings. The van der Waals surface area contributed by atoms with Crippen LogP contribution in [0.2, 0.25) is 0 Å². The van der Waals surface area contributed by atoms with E-state index in [0.717, 1.165) is 6.42 Å². The highest BCUT2D eigenvalue weighted by Gasteiger charge is 2.35. The molecule has 1 heterocycles. The summed E-state index contributed by atoms with van der Waals surface area (Å²) in [6, 6.07) is 5.88. The molecule has 0 N–H and O–H groups in total. The highest BCUT2D eigenvalue weighted by atomic mass is 16.5. The van der Waals surface area contributed by atoms with Crippen LogP contribution in [0.3, 0.4) is 0 Å². The number of likely N-dealkylation sites (N-methyl/N-ethyl adjacent to an activating group) is 1. The molecule has 6 nitrogen and oxygen atoms in total. The molecule has 0 radical (unpaired) electrons. The maximum absolute atomic E-state index is 12.6. The van der Waals surface area contributed by atoms with Gasteiger partial charge in [0.2, 0.25) is 5.91 Å². The number of rotatable bonds is 3. The first kappa shape index (κ1) is 16.0. The molecule has 1 atom stereocenters. The van der Waals surface area contributed by atoms with Gasteiger partial charge in [-0.1, -0.05) is 0 Å². The molecule has 1 saturated heterocycles. The van der Waals surface area contributed by atoms with Gasteiger partial charge in [0.15, 0.2) is 0 Å². The summed E-state index contributed by atoms with van der Waals surface area (Å²) in [6.45, 7) is 0.571. The minimum Gasteiger partial charge on any atom is -0.465 e. The Morgan fingerprint density at radius 2 is 1.73 bits per heavy atom. The lowest BCUT2D eigenvalue weighted by Gasteiger charge is -2.26. The van der Waals surface area contributed by atoms with Gasteiger partial charge in [-0.3, -0.25) is 9.59 Å². The minimum absolute atomic E-state index is 0.0583. The number of carbonyl (C=O) groups is 3. The van der Waals surface area contributed by atoms with Crippen molar-refractivity contribution in [2.24, 2.45) is 0 Å². The summed E-state index contributed by atoms with van der Waals surface area (Å²) >= 11 is 0. The molecular weight excluding hydrogens is 284 g/mol. The van der Waals surface area contributed by atoms with Crippen LogP contribution in [0.5, 0.6) is 0 Å². The highest BCUT2D eigenvalue weighted by Crippen LogP contribution is 2.21. The molecule has 1 fully saturated rings. The lowest BCUT2D eigenvalue weighted by molar-refractivity contribution is -0.132. The molecule has 2 rings (SSSR count). The minimum atomic E-state index is -0.444. The fourth-order valence-corrected chi connectivity index (χ4v) is 2.60. The van der Waals surface area contributed by atoms with Gasteiger partial charge < -0.3 is 14.5 Å². The molecule has 1 aromatic rings. The monoisotopic (exact) mass is 304 g/mol. The zero-order valence-electron chi connectivity index (χ0n) is 13.0. The maximum Gasteiger partial charge on any atom is 0.337 e. The van der Waals surface area contributed by atoms with Crippen molar-refractivity contribution in [1.82, 2.24) is 9.80 Å². The Morgan fingerprint density at radius 1 is 1.14 bits per heavy atom. The van der Waals surface area contributed by atoms with E-state index in [4.69, 9.17) is 0 Å². The van der Waals surface area contributed by atoms with Gasteiger partial charge in [0.1, 0.15) is 6.04 Å². The zero-order valence-corrected chi connectivity index (χ0v) is 13.0. The molecule has 1 aromatic carbocycles. The number of esters is 1. The van der Waals surface area contributed by atoms with Gasteiger partial charge in [-0.2, -0.15) is 0 Å². The van der Waals surface area contributed by atoms with Gasteiger partial charge >= 0.3 is 5.97 Å². The second-order valence-electron chi connectivity index (χ2n) is 5.46. The molecular formula is C16H20N2O4. The smallest absolute Gasteiger partial charge is 0.337 e. The van der Waals surface area contributed by atoms with E-state index >= 15 is 0 Å². The molecule has 0 aromatic heterocycles. The van der Waals surface area contributed by atoms with Crippen molar-refractivity contribution in [2.75, 3.05) is 27.7 Å². The Bertz CT molecular complexity index is 580. The fraction of sp³-hybridized carbons (Fsp3) is 0.438. The van der Waals surface area contributed by atoms with Gasteiger partial charge in [0.25, 0.3) is 5.91 Å². The van der Waals surface area contributed by atoms with E-state index in [0.29, 0.717) is 24.1 Å². The normalized spacial score (nSPS) is 17.2. The van der Waals surface area contributed by atoms with E-state index in [-0.39, 0.29) is 11.8 Å². The van der Waals surface area contributed by atoms with E-state index in [9.17, 15) is 14.4 Å². The van der Waals surface area contributed by atoms with Gasteiger partial charge in [-0.25, -0.2) is 4.79 Å². The third-order valence-electron chi connectivity index (χ3n) is 3.79. The topological polar surface area (TPSA) is 66.9 Å². The number of hydrogen-bond donors (Lipinski definition) is 0. The van der Waals surface area contributed by atoms with Crippen molar-refractivity contribution < 1.29 is 19.1 Å². The first-order valence-electron chi connectivity index (χ1n) is 7.16. The highest BCUT2D eigenvalue weighted by molar-refractivity contribution is 5.99. The summed E-state index contributed by atoms with van der Waals surface area (Å²) in [5.74, 6) is -0.688. The summed E-state index contributed by atoms with van der Waals surface area (Å²) in [7, 11) is 4.69. The van der Waals surface area contributed by atoms with E-state index in [1.54, 1.807) is 43.3 Å². The largest absolute Gasteiger partial charge is 0.465 e. The predicted octanol–water partition coefficient (Wildman–Crippen LogP) is 1.17. The lowest BCUT2D eigenvalue weighted by atomic mass is 10.1. The number of hydrogen-bond acceptors (Lipinski definition) is 4. The number of benzene rings is 1. The van der Waals surface area contributed by atoms with E-state index in [1.165, 1.54) is 12.0 Å². The summed E-state index contributed by atoms with van der Waals surface area (Å²) in [5, 5.41) is 0. The predicted molar refractivity (Wildman–Crippen MR) is 80.5 cm³/mol. The van der Waals surface area contributed by atoms with Crippen molar-refractivity contribution in [2.45, 2.75) is 18.9 Å². The van der Waals surface area contributed by atoms with Crippen LogP contribution in [0.25, 0.3) is 0 Å². The maximum atomic E-state index is 12.6. The average Bonchev–Trinajstić information content (AvgIpc) is 3.02. The number of amides is 2. The van der Waals surface area contributed by atoms with E-state index in [2.05, 4.69) is 4.74 Å². The fourth-order valence-electron chi connectivity index (χ4n) is 2.60. The molecule has 6 heteroatoms. The Balaban J connectivity index is 2.16. The Labute approximate surface area is 129 Å². The number of ether oxygens (including phenoxy) is 1. The second kappa shape index (κ2) is 6.60. The van der Waals surface area contributed by atoms with Crippen molar-refractivity contribution in [1.29, 1.82) is 0 Å². The summed E-state index contributed by atoms with van der Waals surface area (Å²) in [5.41, 5.74) is 0.854. The molecule has 2 amide bonds. The first-order valence-corrected chi connectivity index (χ1v) is 7.16. The van der Waals surface area contributed by atoms with E-state index < -0.39 is 12.0 Å². The molecule has 0 aliphatic carbocycles. The quantitative estimate of drug-likeness (QED) is 0.786. The second-order valence-corrected chi connectivity index (χ2v) is 5.46. The molecule has 118 valence electrons. The molecule has 22 heavy (non-hydrogen) atoms. The van der Waals surface area contributed by atoms with Crippen LogP contribution in [-0.2, 0) is 9.53 Å². The van der Waals surface area contributed by atoms with Crippen LogP contribution >= 0.6 is 0 Å². The summed E-state index contributed by atoms with van der Waals surface area (Å²) in [6.07, 6.45) is 1.50. The standard InChI is InChI=1S/C16H20N2O4/c1-17(2)15(20)13-5-4-10-18(13)14(19)11-6-8-12(9-7-11)16(21)22-3/h6-9,13H,4-5,10H2,1-3H3. The number of likely N-dealkylation sites (tertiary alicyclic amines) is 1. The van der Waals surface area contributed by atoms with Gasteiger partial charge in [0, 0.05) is 26.2 Å². The Morgan fingerprint density at radius 3 is 2.27 bits per heavy atom. The van der Waals surface area contributed by atoms with Crippen molar-refractivity contribution in [3.8, 4) is 0 Å². The van der Waals surface area contributed by atoms with Crippen LogP contribution in [0.4, 0.5) is 0 Å². The van der Waals surface area contributed by atoms with Gasteiger partial charge in [0.05, 0.1) is 12.7 Å². The molecule has 0 bridgehead atoms. The number of carbonyl (C=O) groups excluding carboxylic acids is 3. The van der Waals surface area contributed by atoms with E-state index in [1.807, 2.05) is 0 Å².